The van der Waals surface area contributed by atoms with E-state index in [0.717, 1.165) is 41.9 Å². The Kier molecular flexibility index (Phi) is 4.35. The summed E-state index contributed by atoms with van der Waals surface area (Å²) in [5.41, 5.74) is 1.75. The smallest absolute Gasteiger partial charge is 0.256 e. The van der Waals surface area contributed by atoms with Crippen molar-refractivity contribution in [3.63, 3.8) is 0 Å². The number of benzene rings is 2. The summed E-state index contributed by atoms with van der Waals surface area (Å²) >= 11 is 0. The highest BCUT2D eigenvalue weighted by molar-refractivity contribution is 5.98. The summed E-state index contributed by atoms with van der Waals surface area (Å²) in [6.07, 6.45) is 6.23. The van der Waals surface area contributed by atoms with Gasteiger partial charge >= 0.3 is 0 Å². The van der Waals surface area contributed by atoms with Crippen molar-refractivity contribution >= 4 is 12.0 Å². The molecule has 1 amide bonds. The fourth-order valence-electron chi connectivity index (χ4n) is 5.35. The molecule has 2 fully saturated rings. The summed E-state index contributed by atoms with van der Waals surface area (Å²) in [6.45, 7) is 0. The lowest BCUT2D eigenvalue weighted by Crippen LogP contribution is -2.64. The maximum Gasteiger partial charge on any atom is 0.256 e. The van der Waals surface area contributed by atoms with Crippen LogP contribution in [0, 0.1) is 5.92 Å². The minimum atomic E-state index is -0.612. The Bertz CT molecular complexity index is 1060. The number of likely N-dealkylation sites (N-methyl/N-ethyl adjacent to an activating group) is 1. The first kappa shape index (κ1) is 18.8. The number of hydrogen-bond donors (Lipinski definition) is 1. The molecule has 1 saturated heterocycles. The number of aliphatic hydroxyl groups excluding tert-OH is 1. The zero-order valence-electron chi connectivity index (χ0n) is 17.2. The third-order valence-electron chi connectivity index (χ3n) is 6.81. The Hall–Kier alpha value is -3.21. The van der Waals surface area contributed by atoms with Crippen LogP contribution in [-0.4, -0.2) is 35.8 Å². The van der Waals surface area contributed by atoms with Gasteiger partial charge in [-0.05, 0) is 42.7 Å². The van der Waals surface area contributed by atoms with Gasteiger partial charge < -0.3 is 19.5 Å². The van der Waals surface area contributed by atoms with Crippen molar-refractivity contribution in [3.05, 3.63) is 77.1 Å². The fraction of sp³-hybridized carbons (Fsp3) is 0.320. The van der Waals surface area contributed by atoms with Gasteiger partial charge in [0, 0.05) is 30.9 Å². The predicted molar refractivity (Wildman–Crippen MR) is 114 cm³/mol. The Morgan fingerprint density at radius 3 is 2.77 bits per heavy atom. The molecule has 2 aliphatic heterocycles. The topological polar surface area (TPSA) is 59.0 Å². The van der Waals surface area contributed by atoms with Gasteiger partial charge in [0.25, 0.3) is 5.91 Å². The molecule has 3 atom stereocenters. The largest absolute Gasteiger partial charge is 0.507 e. The Labute approximate surface area is 176 Å². The molecule has 5 rings (SSSR count). The number of piperidine rings is 1. The Morgan fingerprint density at radius 1 is 1.23 bits per heavy atom. The van der Waals surface area contributed by atoms with Crippen molar-refractivity contribution in [1.82, 2.24) is 4.90 Å². The van der Waals surface area contributed by atoms with E-state index in [1.807, 2.05) is 54.6 Å². The van der Waals surface area contributed by atoms with Crippen molar-refractivity contribution in [2.45, 2.75) is 30.9 Å². The maximum absolute atomic E-state index is 13.4. The Balaban J connectivity index is 1.60. The van der Waals surface area contributed by atoms with Crippen LogP contribution in [0.2, 0.25) is 0 Å². The van der Waals surface area contributed by atoms with Gasteiger partial charge in [0.15, 0.2) is 5.72 Å². The van der Waals surface area contributed by atoms with Gasteiger partial charge in [-0.2, -0.15) is 0 Å². The third-order valence-corrected chi connectivity index (χ3v) is 6.81. The molecule has 1 aliphatic carbocycles. The zero-order chi connectivity index (χ0) is 20.9. The van der Waals surface area contributed by atoms with Gasteiger partial charge in [-0.1, -0.05) is 36.4 Å². The van der Waals surface area contributed by atoms with E-state index in [-0.39, 0.29) is 23.5 Å². The molecule has 2 aromatic rings. The van der Waals surface area contributed by atoms with Crippen LogP contribution in [0.4, 0.5) is 0 Å². The monoisotopic (exact) mass is 403 g/mol. The fourth-order valence-corrected chi connectivity index (χ4v) is 5.35. The van der Waals surface area contributed by atoms with Crippen LogP contribution >= 0.6 is 0 Å². The number of hydrogen-bond acceptors (Lipinski definition) is 4. The van der Waals surface area contributed by atoms with Gasteiger partial charge in [-0.3, -0.25) is 4.79 Å². The molecule has 3 unspecified atom stereocenters. The van der Waals surface area contributed by atoms with Crippen molar-refractivity contribution in [2.24, 2.45) is 5.92 Å². The number of carbonyl (C=O) groups excluding carboxylic acids is 1. The highest BCUT2D eigenvalue weighted by atomic mass is 16.5. The highest BCUT2D eigenvalue weighted by Crippen LogP contribution is 2.59. The number of nitrogens with zero attached hydrogens (tertiary/aromatic N) is 1. The molecule has 2 aromatic carbocycles. The molecule has 2 bridgehead atoms. The number of fused-ring (bicyclic) bond motifs is 2. The molecular weight excluding hydrogens is 378 g/mol. The second-order valence-corrected chi connectivity index (χ2v) is 8.23. The average Bonchev–Trinajstić information content (AvgIpc) is 3.22. The maximum atomic E-state index is 13.4. The summed E-state index contributed by atoms with van der Waals surface area (Å²) in [7, 11) is 3.42. The minimum absolute atomic E-state index is 0.0184. The number of carbonyl (C=O) groups is 1. The second kappa shape index (κ2) is 6.94. The molecule has 30 heavy (non-hydrogen) atoms. The summed E-state index contributed by atoms with van der Waals surface area (Å²) in [6, 6.07) is 15.5. The first-order valence-corrected chi connectivity index (χ1v) is 10.4. The van der Waals surface area contributed by atoms with Crippen LogP contribution in [0.1, 0.15) is 36.3 Å². The van der Waals surface area contributed by atoms with E-state index in [2.05, 4.69) is 0 Å². The predicted octanol–water partition coefficient (Wildman–Crippen LogP) is 4.67. The molecule has 5 heteroatoms. The number of para-hydroxylation sites is 1. The van der Waals surface area contributed by atoms with Gasteiger partial charge in [0.1, 0.15) is 17.3 Å². The van der Waals surface area contributed by atoms with Gasteiger partial charge in [0.05, 0.1) is 12.7 Å². The molecule has 0 aromatic heterocycles. The lowest BCUT2D eigenvalue weighted by molar-refractivity contribution is -0.166. The summed E-state index contributed by atoms with van der Waals surface area (Å²) in [5.74, 6) is 1.41. The Morgan fingerprint density at radius 2 is 2.00 bits per heavy atom. The zero-order valence-corrected chi connectivity index (χ0v) is 17.2. The molecule has 1 N–H and O–H groups in total. The number of allylic oxidation sites excluding steroid dienone is 1. The molecule has 3 aliphatic rings. The van der Waals surface area contributed by atoms with Crippen molar-refractivity contribution in [2.75, 3.05) is 14.2 Å². The van der Waals surface area contributed by atoms with Gasteiger partial charge in [-0.25, -0.2) is 0 Å². The molecule has 2 heterocycles. The first-order chi connectivity index (χ1) is 14.5. The van der Waals surface area contributed by atoms with E-state index in [9.17, 15) is 9.90 Å². The number of amides is 1. The number of likely N-dealkylation sites (tertiary alicyclic amines) is 1. The first-order valence-electron chi connectivity index (χ1n) is 10.4. The lowest BCUT2D eigenvalue weighted by atomic mass is 9.69. The van der Waals surface area contributed by atoms with E-state index >= 15 is 0 Å². The molecule has 0 radical (unpaired) electrons. The number of rotatable bonds is 3. The second-order valence-electron chi connectivity index (χ2n) is 8.23. The van der Waals surface area contributed by atoms with Crippen LogP contribution < -0.4 is 9.47 Å². The van der Waals surface area contributed by atoms with Crippen LogP contribution in [0.5, 0.6) is 11.5 Å². The normalized spacial score (nSPS) is 28.7. The molecule has 5 nitrogen and oxygen atoms in total. The SMILES string of the molecule is COc1ccc(C=C/C(O)=C2/C(=O)N(C)C34CCCC3C2c2ccccc2O4)cc1. The molecular formula is C25H25NO4. The van der Waals surface area contributed by atoms with Crippen LogP contribution in [0.15, 0.2) is 65.9 Å². The van der Waals surface area contributed by atoms with E-state index in [4.69, 9.17) is 9.47 Å². The molecule has 1 saturated carbocycles. The summed E-state index contributed by atoms with van der Waals surface area (Å²) < 4.78 is 11.6. The highest BCUT2D eigenvalue weighted by Gasteiger charge is 2.62. The van der Waals surface area contributed by atoms with Gasteiger partial charge in [-0.15, -0.1) is 0 Å². The van der Waals surface area contributed by atoms with Crippen LogP contribution in [0.3, 0.4) is 0 Å². The third kappa shape index (κ3) is 2.65. The lowest BCUT2D eigenvalue weighted by Gasteiger charge is -2.54. The van der Waals surface area contributed by atoms with Crippen molar-refractivity contribution in [1.29, 1.82) is 0 Å². The van der Waals surface area contributed by atoms with E-state index in [1.54, 1.807) is 25.1 Å². The van der Waals surface area contributed by atoms with Crippen molar-refractivity contribution < 1.29 is 19.4 Å². The minimum Gasteiger partial charge on any atom is -0.507 e. The summed E-state index contributed by atoms with van der Waals surface area (Å²) in [5, 5.41) is 11.1. The quantitative estimate of drug-likeness (QED) is 0.598. The number of ether oxygens (including phenoxy) is 2. The van der Waals surface area contributed by atoms with Crippen LogP contribution in [-0.2, 0) is 4.79 Å². The van der Waals surface area contributed by atoms with Crippen molar-refractivity contribution in [3.8, 4) is 11.5 Å². The van der Waals surface area contributed by atoms with E-state index in [1.165, 1.54) is 0 Å². The van der Waals surface area contributed by atoms with E-state index in [0.29, 0.717) is 5.57 Å². The number of aliphatic hydroxyl groups is 1. The standard InChI is InChI=1S/C25H25NO4/c1-26-24(28)23(20(27)14-11-16-9-12-17(29-2)13-10-16)22-18-6-3-4-8-21(18)30-25(26)15-5-7-19(22)25/h3-4,6,8-14,19,22,27H,5,7,15H2,1-2H3/b14-11?,23-20-. The summed E-state index contributed by atoms with van der Waals surface area (Å²) in [4.78, 5) is 15.1. The molecule has 154 valence electrons. The molecule has 0 spiro atoms. The average molecular weight is 403 g/mol. The number of methoxy groups -OCH3 is 1. The van der Waals surface area contributed by atoms with Crippen LogP contribution in [0.25, 0.3) is 6.08 Å². The van der Waals surface area contributed by atoms with E-state index < -0.39 is 5.72 Å². The van der Waals surface area contributed by atoms with Gasteiger partial charge in [0.2, 0.25) is 0 Å².